The van der Waals surface area contributed by atoms with Crippen LogP contribution < -0.4 is 0 Å². The summed E-state index contributed by atoms with van der Waals surface area (Å²) < 4.78 is 0. The van der Waals surface area contributed by atoms with Gasteiger partial charge in [0, 0.05) is 0 Å². The minimum absolute atomic E-state index is 0. The summed E-state index contributed by atoms with van der Waals surface area (Å²) >= 11 is 0. The van der Waals surface area contributed by atoms with Crippen molar-refractivity contribution in [2.75, 3.05) is 28.4 Å². The smallest absolute Gasteiger partial charge is 0.246 e. The Morgan fingerprint density at radius 2 is 0.900 bits per heavy atom. The maximum atomic E-state index is 4.66. The van der Waals surface area contributed by atoms with Crippen molar-refractivity contribution in [2.24, 2.45) is 0 Å². The molecule has 0 bridgehead atoms. The standard InChI is InChI=1S/C4H12NO4.H2O/c1-6-5(7-2,8-3)9-4;/h1-4H3;1H2/q+1;/p-1. The van der Waals surface area contributed by atoms with Crippen molar-refractivity contribution in [3.63, 3.8) is 0 Å². The first-order valence-corrected chi connectivity index (χ1v) is 2.36. The molecule has 6 nitrogen and oxygen atoms in total. The Kier molecular flexibility index (Phi) is 6.89. The summed E-state index contributed by atoms with van der Waals surface area (Å²) in [6.07, 6.45) is 0. The van der Waals surface area contributed by atoms with Gasteiger partial charge in [-0.3, -0.25) is 0 Å². The van der Waals surface area contributed by atoms with Gasteiger partial charge in [0.05, 0.1) is 0 Å². The summed E-state index contributed by atoms with van der Waals surface area (Å²) in [4.78, 5) is 18.6. The molecule has 0 atom stereocenters. The molecule has 0 aromatic rings. The van der Waals surface area contributed by atoms with Crippen molar-refractivity contribution in [2.45, 2.75) is 0 Å². The Morgan fingerprint density at radius 1 is 0.700 bits per heavy atom. The molecular formula is C4H13NO5. The highest BCUT2D eigenvalue weighted by atomic mass is 17.4. The first kappa shape index (κ1) is 12.4. The largest absolute Gasteiger partial charge is 0.870 e. The number of quaternary nitrogens is 1. The monoisotopic (exact) mass is 155 g/mol. The van der Waals surface area contributed by atoms with Gasteiger partial charge in [-0.05, 0) is 0 Å². The topological polar surface area (TPSA) is 66.9 Å². The summed E-state index contributed by atoms with van der Waals surface area (Å²) in [6.45, 7) is 0. The van der Waals surface area contributed by atoms with E-state index in [1.807, 2.05) is 0 Å². The molecule has 0 aliphatic rings. The molecule has 0 aliphatic carbocycles. The van der Waals surface area contributed by atoms with E-state index in [0.717, 1.165) is 0 Å². The van der Waals surface area contributed by atoms with Crippen LogP contribution in [0.4, 0.5) is 0 Å². The van der Waals surface area contributed by atoms with E-state index in [2.05, 4.69) is 19.4 Å². The maximum absolute atomic E-state index is 4.66. The molecule has 0 amide bonds. The Labute approximate surface area is 59.6 Å². The predicted octanol–water partition coefficient (Wildman–Crippen LogP) is -0.128. The van der Waals surface area contributed by atoms with E-state index in [1.165, 1.54) is 28.4 Å². The van der Waals surface area contributed by atoms with Crippen LogP contribution in [0.1, 0.15) is 0 Å². The minimum Gasteiger partial charge on any atom is -0.870 e. The normalized spacial score (nSPS) is 10.8. The summed E-state index contributed by atoms with van der Waals surface area (Å²) in [5.41, 5.74) is 0. The summed E-state index contributed by atoms with van der Waals surface area (Å²) in [6, 6.07) is 0. The van der Waals surface area contributed by atoms with E-state index in [1.54, 1.807) is 0 Å². The second-order valence-electron chi connectivity index (χ2n) is 1.18. The molecule has 0 aromatic heterocycles. The average molecular weight is 155 g/mol. The van der Waals surface area contributed by atoms with Gasteiger partial charge in [-0.2, -0.15) is 0 Å². The van der Waals surface area contributed by atoms with Gasteiger partial charge in [0.25, 0.3) is 0 Å². The van der Waals surface area contributed by atoms with E-state index in [-0.39, 0.29) is 5.48 Å². The van der Waals surface area contributed by atoms with Crippen molar-refractivity contribution >= 4 is 0 Å². The lowest BCUT2D eigenvalue weighted by Crippen LogP contribution is -2.43. The zero-order chi connectivity index (χ0) is 7.33. The van der Waals surface area contributed by atoms with Crippen LogP contribution in [0, 0.1) is 0 Å². The van der Waals surface area contributed by atoms with Crippen molar-refractivity contribution in [3.8, 4) is 0 Å². The highest BCUT2D eigenvalue weighted by Crippen LogP contribution is 2.05. The summed E-state index contributed by atoms with van der Waals surface area (Å²) in [5, 5.41) is -0.722. The molecule has 0 aliphatic heterocycles. The fraction of sp³-hybridized carbons (Fsp3) is 1.00. The molecular weight excluding hydrogens is 142 g/mol. The lowest BCUT2D eigenvalue weighted by atomic mass is 11.6. The lowest BCUT2D eigenvalue weighted by molar-refractivity contribution is -1.47. The molecule has 0 fully saturated rings. The van der Waals surface area contributed by atoms with Crippen LogP contribution in [0.15, 0.2) is 0 Å². The van der Waals surface area contributed by atoms with Crippen LogP contribution in [0.3, 0.4) is 0 Å². The fourth-order valence-electron chi connectivity index (χ4n) is 0.447. The Bertz CT molecular complexity index is 56.5. The molecule has 0 aromatic carbocycles. The lowest BCUT2D eigenvalue weighted by Gasteiger charge is -2.18. The van der Waals surface area contributed by atoms with Crippen LogP contribution in [-0.2, 0) is 19.4 Å². The molecule has 1 N–H and O–H groups in total. The molecule has 0 saturated carbocycles. The van der Waals surface area contributed by atoms with E-state index < -0.39 is 5.14 Å². The van der Waals surface area contributed by atoms with Crippen molar-refractivity contribution in [3.05, 3.63) is 0 Å². The zero-order valence-corrected chi connectivity index (χ0v) is 6.53. The average Bonchev–Trinajstić information content (AvgIpc) is 1.95. The van der Waals surface area contributed by atoms with Gasteiger partial charge < -0.3 is 5.48 Å². The number of nitrogens with zero attached hydrogens (tertiary/aromatic N) is 1. The molecule has 0 rings (SSSR count). The minimum atomic E-state index is -0.722. The van der Waals surface area contributed by atoms with Crippen LogP contribution in [-0.4, -0.2) is 39.1 Å². The van der Waals surface area contributed by atoms with Crippen LogP contribution in [0.5, 0.6) is 0 Å². The zero-order valence-electron chi connectivity index (χ0n) is 6.53. The molecule has 0 unspecified atom stereocenters. The van der Waals surface area contributed by atoms with Gasteiger partial charge in [0.15, 0.2) is 0 Å². The number of rotatable bonds is 4. The second kappa shape index (κ2) is 5.54. The number of hydrogen-bond donors (Lipinski definition) is 0. The van der Waals surface area contributed by atoms with Crippen molar-refractivity contribution < 1.29 is 30.0 Å². The van der Waals surface area contributed by atoms with E-state index in [9.17, 15) is 0 Å². The molecule has 0 heterocycles. The van der Waals surface area contributed by atoms with Crippen LogP contribution >= 0.6 is 0 Å². The first-order valence-electron chi connectivity index (χ1n) is 2.36. The molecule has 6 heteroatoms. The maximum Gasteiger partial charge on any atom is 0.246 e. The van der Waals surface area contributed by atoms with Crippen LogP contribution in [0.2, 0.25) is 0 Å². The SMILES string of the molecule is CO[N+](OC)(OC)OC.[OH-]. The van der Waals surface area contributed by atoms with E-state index in [4.69, 9.17) is 0 Å². The molecule has 0 saturated heterocycles. The van der Waals surface area contributed by atoms with Gasteiger partial charge in [-0.15, -0.1) is 0 Å². The Morgan fingerprint density at radius 3 is 0.900 bits per heavy atom. The number of hydrogen-bond acceptors (Lipinski definition) is 5. The van der Waals surface area contributed by atoms with Crippen molar-refractivity contribution in [1.29, 1.82) is 0 Å². The van der Waals surface area contributed by atoms with Gasteiger partial charge >= 0.3 is 0 Å². The highest BCUT2D eigenvalue weighted by Gasteiger charge is 2.31. The first-order chi connectivity index (χ1) is 4.24. The highest BCUT2D eigenvalue weighted by molar-refractivity contribution is 3.56. The predicted molar refractivity (Wildman–Crippen MR) is 30.2 cm³/mol. The van der Waals surface area contributed by atoms with E-state index in [0.29, 0.717) is 0 Å². The third kappa shape index (κ3) is 2.56. The fourth-order valence-corrected chi connectivity index (χ4v) is 0.447. The Hall–Kier alpha value is -0.240. The van der Waals surface area contributed by atoms with Gasteiger partial charge in [-0.1, -0.05) is 19.4 Å². The Balaban J connectivity index is 0. The molecule has 0 spiro atoms. The van der Waals surface area contributed by atoms with Gasteiger partial charge in [0.1, 0.15) is 28.4 Å². The second-order valence-corrected chi connectivity index (χ2v) is 1.18. The third-order valence-electron chi connectivity index (χ3n) is 0.894. The molecule has 64 valence electrons. The van der Waals surface area contributed by atoms with Gasteiger partial charge in [-0.25, -0.2) is 0 Å². The van der Waals surface area contributed by atoms with Gasteiger partial charge in [0.2, 0.25) is 5.14 Å². The summed E-state index contributed by atoms with van der Waals surface area (Å²) in [5.74, 6) is 0. The van der Waals surface area contributed by atoms with E-state index >= 15 is 0 Å². The van der Waals surface area contributed by atoms with Crippen molar-refractivity contribution in [1.82, 2.24) is 0 Å². The summed E-state index contributed by atoms with van der Waals surface area (Å²) in [7, 11) is 5.60. The van der Waals surface area contributed by atoms with Crippen LogP contribution in [0.25, 0.3) is 0 Å². The molecule has 0 radical (unpaired) electrons. The quantitative estimate of drug-likeness (QED) is 0.418. The third-order valence-corrected chi connectivity index (χ3v) is 0.894. The molecule has 10 heavy (non-hydrogen) atoms.